The van der Waals surface area contributed by atoms with Gasteiger partial charge in [0, 0.05) is 26.2 Å². The van der Waals surface area contributed by atoms with Crippen LogP contribution in [0.5, 0.6) is 0 Å². The first-order chi connectivity index (χ1) is 15.9. The van der Waals surface area contributed by atoms with Crippen molar-refractivity contribution in [1.82, 2.24) is 19.4 Å². The van der Waals surface area contributed by atoms with Gasteiger partial charge >= 0.3 is 6.03 Å². The Bertz CT molecular complexity index is 1020. The molecule has 8 nitrogen and oxygen atoms in total. The van der Waals surface area contributed by atoms with Gasteiger partial charge in [-0.25, -0.2) is 18.1 Å². The molecular formula is C24H34N4O4S. The van der Waals surface area contributed by atoms with Crippen molar-refractivity contribution < 1.29 is 18.0 Å². The first-order valence-electron chi connectivity index (χ1n) is 12.4. The van der Waals surface area contributed by atoms with Gasteiger partial charge in [0.05, 0.1) is 11.6 Å². The normalized spacial score (nSPS) is 24.5. The number of sulfonamides is 1. The predicted octanol–water partition coefficient (Wildman–Crippen LogP) is 2.47. The Morgan fingerprint density at radius 3 is 2.21 bits per heavy atom. The molecule has 180 valence electrons. The Morgan fingerprint density at radius 2 is 1.52 bits per heavy atom. The summed E-state index contributed by atoms with van der Waals surface area (Å²) in [5.74, 6) is -0.112. The standard InChI is InChI=1S/C24H34N4O4S/c29-22-24(11-5-1-2-6-12-24)25-23(30)28(22)18-26-13-15-27(16-14-26)33(31,32)21-10-9-19-7-3-4-8-20(19)17-21/h9-10,17H,1-8,11-16,18H2,(H,25,30). The minimum atomic E-state index is -3.55. The van der Waals surface area contributed by atoms with Crippen LogP contribution in [0.15, 0.2) is 23.1 Å². The van der Waals surface area contributed by atoms with Crippen LogP contribution in [-0.4, -0.2) is 72.8 Å². The number of urea groups is 1. The lowest BCUT2D eigenvalue weighted by atomic mass is 9.90. The number of carbonyl (C=O) groups is 2. The summed E-state index contributed by atoms with van der Waals surface area (Å²) in [6, 6.07) is 5.26. The van der Waals surface area contributed by atoms with Crippen molar-refractivity contribution in [3.8, 4) is 0 Å². The molecule has 0 unspecified atom stereocenters. The Kier molecular flexibility index (Phi) is 6.22. The van der Waals surface area contributed by atoms with Gasteiger partial charge in [-0.1, -0.05) is 31.7 Å². The van der Waals surface area contributed by atoms with Crippen molar-refractivity contribution in [3.63, 3.8) is 0 Å². The van der Waals surface area contributed by atoms with E-state index in [-0.39, 0.29) is 18.6 Å². The van der Waals surface area contributed by atoms with Gasteiger partial charge in [-0.05, 0) is 61.8 Å². The molecule has 0 radical (unpaired) electrons. The molecule has 1 aromatic rings. The Hall–Kier alpha value is -1.97. The molecule has 1 aromatic carbocycles. The zero-order valence-electron chi connectivity index (χ0n) is 19.2. The zero-order valence-corrected chi connectivity index (χ0v) is 20.0. The van der Waals surface area contributed by atoms with Gasteiger partial charge in [0.1, 0.15) is 5.54 Å². The van der Waals surface area contributed by atoms with E-state index >= 15 is 0 Å². The fourth-order valence-corrected chi connectivity index (χ4v) is 7.28. The molecule has 2 aliphatic carbocycles. The predicted molar refractivity (Wildman–Crippen MR) is 124 cm³/mol. The number of hydrogen-bond donors (Lipinski definition) is 1. The van der Waals surface area contributed by atoms with Gasteiger partial charge in [0.25, 0.3) is 5.91 Å². The zero-order chi connectivity index (χ0) is 23.1. The molecule has 33 heavy (non-hydrogen) atoms. The van der Waals surface area contributed by atoms with E-state index < -0.39 is 15.6 Å². The molecule has 2 aliphatic heterocycles. The SMILES string of the molecule is O=C1NC2(CCCCCC2)C(=O)N1CN1CCN(S(=O)(=O)c2ccc3c(c2)CCCC3)CC1. The van der Waals surface area contributed by atoms with Crippen LogP contribution in [-0.2, 0) is 27.7 Å². The number of rotatable bonds is 4. The van der Waals surface area contributed by atoms with E-state index in [2.05, 4.69) is 5.32 Å². The molecular weight excluding hydrogens is 440 g/mol. The third-order valence-electron chi connectivity index (χ3n) is 7.83. The fraction of sp³-hybridized carbons (Fsp3) is 0.667. The fourth-order valence-electron chi connectivity index (χ4n) is 5.81. The van der Waals surface area contributed by atoms with Crippen LogP contribution in [0.1, 0.15) is 62.5 Å². The lowest BCUT2D eigenvalue weighted by Gasteiger charge is -2.35. The molecule has 5 rings (SSSR count). The minimum Gasteiger partial charge on any atom is -0.323 e. The van der Waals surface area contributed by atoms with E-state index in [9.17, 15) is 18.0 Å². The minimum absolute atomic E-state index is 0.112. The van der Waals surface area contributed by atoms with Crippen LogP contribution in [0.4, 0.5) is 4.79 Å². The number of nitrogens with one attached hydrogen (secondary N) is 1. The summed E-state index contributed by atoms with van der Waals surface area (Å²) < 4.78 is 28.0. The number of hydrogen-bond acceptors (Lipinski definition) is 5. The van der Waals surface area contributed by atoms with Gasteiger partial charge in [-0.15, -0.1) is 0 Å². The number of amides is 3. The number of imide groups is 1. The number of benzene rings is 1. The van der Waals surface area contributed by atoms with Crippen molar-refractivity contribution in [2.45, 2.75) is 74.6 Å². The first kappa shape index (κ1) is 22.8. The van der Waals surface area contributed by atoms with Gasteiger partial charge in [0.2, 0.25) is 10.0 Å². The van der Waals surface area contributed by atoms with Crippen LogP contribution >= 0.6 is 0 Å². The molecule has 2 saturated heterocycles. The third kappa shape index (κ3) is 4.31. The van der Waals surface area contributed by atoms with E-state index in [0.29, 0.717) is 43.9 Å². The molecule has 2 heterocycles. The smallest absolute Gasteiger partial charge is 0.323 e. The lowest BCUT2D eigenvalue weighted by molar-refractivity contribution is -0.133. The maximum Gasteiger partial charge on any atom is 0.326 e. The molecule has 0 bridgehead atoms. The van der Waals surface area contributed by atoms with E-state index in [1.165, 1.54) is 21.2 Å². The lowest BCUT2D eigenvalue weighted by Crippen LogP contribution is -2.53. The third-order valence-corrected chi connectivity index (χ3v) is 9.73. The summed E-state index contributed by atoms with van der Waals surface area (Å²) in [6.45, 7) is 1.92. The molecule has 0 atom stereocenters. The highest BCUT2D eigenvalue weighted by atomic mass is 32.2. The molecule has 1 saturated carbocycles. The number of piperazine rings is 1. The summed E-state index contributed by atoms with van der Waals surface area (Å²) in [7, 11) is -3.55. The highest BCUT2D eigenvalue weighted by Crippen LogP contribution is 2.33. The monoisotopic (exact) mass is 474 g/mol. The van der Waals surface area contributed by atoms with Crippen LogP contribution in [0.2, 0.25) is 0 Å². The number of aryl methyl sites for hydroxylation is 2. The van der Waals surface area contributed by atoms with Crippen LogP contribution in [0, 0.1) is 0 Å². The molecule has 3 amide bonds. The van der Waals surface area contributed by atoms with Crippen LogP contribution in [0.3, 0.4) is 0 Å². The van der Waals surface area contributed by atoms with Gasteiger partial charge in [0.15, 0.2) is 0 Å². The maximum atomic E-state index is 13.2. The van der Waals surface area contributed by atoms with Crippen molar-refractivity contribution in [1.29, 1.82) is 0 Å². The largest absolute Gasteiger partial charge is 0.326 e. The van der Waals surface area contributed by atoms with Gasteiger partial charge in [-0.2, -0.15) is 4.31 Å². The quantitative estimate of drug-likeness (QED) is 0.677. The molecule has 1 spiro atoms. The van der Waals surface area contributed by atoms with Gasteiger partial charge in [-0.3, -0.25) is 9.69 Å². The molecule has 4 aliphatic rings. The van der Waals surface area contributed by atoms with Crippen molar-refractivity contribution in [2.24, 2.45) is 0 Å². The van der Waals surface area contributed by atoms with Crippen molar-refractivity contribution in [3.05, 3.63) is 29.3 Å². The van der Waals surface area contributed by atoms with E-state index in [1.54, 1.807) is 6.07 Å². The summed E-state index contributed by atoms with van der Waals surface area (Å²) in [5, 5.41) is 2.98. The first-order valence-corrected chi connectivity index (χ1v) is 13.8. The van der Waals surface area contributed by atoms with Crippen LogP contribution in [0.25, 0.3) is 0 Å². The Morgan fingerprint density at radius 1 is 0.848 bits per heavy atom. The van der Waals surface area contributed by atoms with Crippen molar-refractivity contribution >= 4 is 22.0 Å². The highest BCUT2D eigenvalue weighted by molar-refractivity contribution is 7.89. The summed E-state index contributed by atoms with van der Waals surface area (Å²) in [5.41, 5.74) is 1.70. The molecule has 3 fully saturated rings. The highest BCUT2D eigenvalue weighted by Gasteiger charge is 2.51. The topological polar surface area (TPSA) is 90.0 Å². The van der Waals surface area contributed by atoms with Gasteiger partial charge < -0.3 is 5.32 Å². The average Bonchev–Trinajstić information content (AvgIpc) is 2.98. The summed E-state index contributed by atoms with van der Waals surface area (Å²) in [4.78, 5) is 29.5. The second-order valence-corrected chi connectivity index (χ2v) is 11.9. The van der Waals surface area contributed by atoms with E-state index in [1.807, 2.05) is 17.0 Å². The Labute approximate surface area is 196 Å². The molecule has 9 heteroatoms. The maximum absolute atomic E-state index is 13.2. The number of carbonyl (C=O) groups excluding carboxylic acids is 2. The second-order valence-electron chi connectivity index (χ2n) is 9.96. The summed E-state index contributed by atoms with van der Waals surface area (Å²) >= 11 is 0. The Balaban J connectivity index is 1.21. The van der Waals surface area contributed by atoms with Crippen LogP contribution < -0.4 is 5.32 Å². The number of fused-ring (bicyclic) bond motifs is 1. The van der Waals surface area contributed by atoms with Crippen molar-refractivity contribution in [2.75, 3.05) is 32.8 Å². The number of nitrogens with zero attached hydrogens (tertiary/aromatic N) is 3. The van der Waals surface area contributed by atoms with E-state index in [4.69, 9.17) is 0 Å². The average molecular weight is 475 g/mol. The molecule has 1 N–H and O–H groups in total. The second kappa shape index (κ2) is 9.00. The molecule has 0 aromatic heterocycles. The summed E-state index contributed by atoms with van der Waals surface area (Å²) in [6.07, 6.45) is 9.79. The van der Waals surface area contributed by atoms with E-state index in [0.717, 1.165) is 50.5 Å².